The van der Waals surface area contributed by atoms with E-state index < -0.39 is 0 Å². The molecule has 0 saturated carbocycles. The van der Waals surface area contributed by atoms with Crippen LogP contribution >= 0.6 is 0 Å². The zero-order valence-corrected chi connectivity index (χ0v) is 20.3. The van der Waals surface area contributed by atoms with Crippen molar-refractivity contribution in [1.29, 1.82) is 0 Å². The van der Waals surface area contributed by atoms with Gasteiger partial charge in [-0.15, -0.1) is 0 Å². The van der Waals surface area contributed by atoms with Crippen molar-refractivity contribution < 1.29 is 9.53 Å². The Morgan fingerprint density at radius 1 is 1.18 bits per heavy atom. The van der Waals surface area contributed by atoms with Crippen molar-refractivity contribution in [3.63, 3.8) is 0 Å². The number of carbonyl (C=O) groups is 1. The Labute approximate surface area is 197 Å². The third-order valence-electron chi connectivity index (χ3n) is 6.11. The van der Waals surface area contributed by atoms with E-state index in [2.05, 4.69) is 41.3 Å². The quantitative estimate of drug-likeness (QED) is 0.411. The van der Waals surface area contributed by atoms with Crippen LogP contribution in [0, 0.1) is 5.92 Å². The fourth-order valence-corrected chi connectivity index (χ4v) is 4.38. The molecule has 6 heteroatoms. The molecule has 2 heterocycles. The maximum Gasteiger partial charge on any atom is 0.145 e. The molecule has 0 amide bonds. The van der Waals surface area contributed by atoms with E-state index in [1.807, 2.05) is 25.4 Å². The Morgan fingerprint density at radius 3 is 2.73 bits per heavy atom. The van der Waals surface area contributed by atoms with Gasteiger partial charge in [-0.3, -0.25) is 14.8 Å². The van der Waals surface area contributed by atoms with Gasteiger partial charge in [-0.1, -0.05) is 33.3 Å². The number of hydrogen-bond acceptors (Lipinski definition) is 6. The molecule has 33 heavy (non-hydrogen) atoms. The van der Waals surface area contributed by atoms with E-state index in [-0.39, 0.29) is 12.0 Å². The lowest BCUT2D eigenvalue weighted by Crippen LogP contribution is -2.14. The van der Waals surface area contributed by atoms with Crippen molar-refractivity contribution in [3.05, 3.63) is 65.6 Å². The summed E-state index contributed by atoms with van der Waals surface area (Å²) >= 11 is 0. The Hall–Kier alpha value is -3.02. The molecule has 0 fully saturated rings. The number of carbonyl (C=O) groups excluding carboxylic acids is 1. The second-order valence-electron chi connectivity index (χ2n) is 8.72. The molecule has 6 nitrogen and oxygen atoms in total. The van der Waals surface area contributed by atoms with Crippen LogP contribution in [0.25, 0.3) is 5.57 Å². The minimum atomic E-state index is 0.134. The number of Topliss-reactive ketones (excluding diaryl/α,β-unsaturated/α-hetero) is 1. The Kier molecular flexibility index (Phi) is 9.16. The SMILES string of the molecule is CCCC(=O)CCC1=C(OC)C=C(c2cncc(NC(CCC)c3cccnc3)n2)CC1C. The van der Waals surface area contributed by atoms with E-state index in [0.29, 0.717) is 18.6 Å². The number of nitrogens with one attached hydrogen (secondary N) is 1. The standard InChI is InChI=1S/C27H36N4O2/c1-5-8-22(32)11-12-23-19(3)14-21(15-26(23)33-4)25-17-29-18-27(31-25)30-24(9-6-2)20-10-7-13-28-16-20/h7,10,13,15-19,24H,5-6,8-9,11-12,14H2,1-4H3,(H,30,31). The Balaban J connectivity index is 1.80. The van der Waals surface area contributed by atoms with Crippen molar-refractivity contribution in [2.45, 2.75) is 71.8 Å². The molecule has 0 radical (unpaired) electrons. The van der Waals surface area contributed by atoms with Crippen LogP contribution in [0.15, 0.2) is 54.3 Å². The van der Waals surface area contributed by atoms with Crippen LogP contribution in [0.2, 0.25) is 0 Å². The van der Waals surface area contributed by atoms with Gasteiger partial charge >= 0.3 is 0 Å². The molecule has 1 N–H and O–H groups in total. The third-order valence-corrected chi connectivity index (χ3v) is 6.11. The van der Waals surface area contributed by atoms with Crippen LogP contribution in [-0.2, 0) is 9.53 Å². The number of aromatic nitrogens is 3. The van der Waals surface area contributed by atoms with Crippen LogP contribution in [-0.4, -0.2) is 27.8 Å². The minimum absolute atomic E-state index is 0.134. The van der Waals surface area contributed by atoms with Crippen molar-refractivity contribution in [3.8, 4) is 0 Å². The van der Waals surface area contributed by atoms with Gasteiger partial charge in [0, 0.05) is 25.2 Å². The normalized spacial score (nSPS) is 16.8. The van der Waals surface area contributed by atoms with E-state index in [1.165, 1.54) is 5.57 Å². The molecule has 0 aliphatic heterocycles. The number of methoxy groups -OCH3 is 1. The summed E-state index contributed by atoms with van der Waals surface area (Å²) in [5.74, 6) is 2.22. The van der Waals surface area contributed by atoms with Crippen molar-refractivity contribution >= 4 is 17.2 Å². The summed E-state index contributed by atoms with van der Waals surface area (Å²) in [6.07, 6.45) is 15.1. The highest BCUT2D eigenvalue weighted by Crippen LogP contribution is 2.36. The zero-order valence-electron chi connectivity index (χ0n) is 20.3. The smallest absolute Gasteiger partial charge is 0.145 e. The molecule has 1 aliphatic carbocycles. The second-order valence-corrected chi connectivity index (χ2v) is 8.72. The summed E-state index contributed by atoms with van der Waals surface area (Å²) < 4.78 is 5.72. The number of ketones is 1. The molecule has 2 aromatic rings. The van der Waals surface area contributed by atoms with Crippen molar-refractivity contribution in [2.24, 2.45) is 5.92 Å². The predicted molar refractivity (Wildman–Crippen MR) is 132 cm³/mol. The fraction of sp³-hybridized carbons (Fsp3) is 0.481. The highest BCUT2D eigenvalue weighted by molar-refractivity contribution is 5.78. The molecule has 0 bridgehead atoms. The van der Waals surface area contributed by atoms with Gasteiger partial charge in [0.2, 0.25) is 0 Å². The highest BCUT2D eigenvalue weighted by atomic mass is 16.5. The number of ether oxygens (including phenoxy) is 1. The first-order valence-electron chi connectivity index (χ1n) is 12.0. The second kappa shape index (κ2) is 12.3. The number of pyridine rings is 1. The number of allylic oxidation sites excluding steroid dienone is 3. The summed E-state index contributed by atoms with van der Waals surface area (Å²) in [5.41, 5.74) is 4.31. The maximum absolute atomic E-state index is 12.0. The molecule has 2 aromatic heterocycles. The van der Waals surface area contributed by atoms with Crippen LogP contribution in [0.1, 0.15) is 83.0 Å². The molecule has 0 spiro atoms. The Bertz CT molecular complexity index is 985. The fourth-order valence-electron chi connectivity index (χ4n) is 4.38. The number of rotatable bonds is 12. The van der Waals surface area contributed by atoms with Gasteiger partial charge in [0.25, 0.3) is 0 Å². The van der Waals surface area contributed by atoms with Gasteiger partial charge in [-0.05, 0) is 60.5 Å². The van der Waals surface area contributed by atoms with E-state index >= 15 is 0 Å². The van der Waals surface area contributed by atoms with Crippen molar-refractivity contribution in [1.82, 2.24) is 15.0 Å². The van der Waals surface area contributed by atoms with Gasteiger partial charge in [-0.2, -0.15) is 0 Å². The van der Waals surface area contributed by atoms with E-state index in [4.69, 9.17) is 9.72 Å². The first-order chi connectivity index (χ1) is 16.0. The topological polar surface area (TPSA) is 77.0 Å². The number of anilines is 1. The van der Waals surface area contributed by atoms with Crippen LogP contribution in [0.3, 0.4) is 0 Å². The number of hydrogen-bond donors (Lipinski definition) is 1. The molecule has 176 valence electrons. The zero-order chi connectivity index (χ0) is 23.6. The lowest BCUT2D eigenvalue weighted by atomic mass is 9.83. The monoisotopic (exact) mass is 448 g/mol. The average Bonchev–Trinajstić information content (AvgIpc) is 2.83. The van der Waals surface area contributed by atoms with Crippen LogP contribution < -0.4 is 5.32 Å². The summed E-state index contributed by atoms with van der Waals surface area (Å²) in [7, 11) is 1.70. The van der Waals surface area contributed by atoms with Gasteiger partial charge in [0.1, 0.15) is 17.4 Å². The van der Waals surface area contributed by atoms with Gasteiger partial charge < -0.3 is 10.1 Å². The first kappa shape index (κ1) is 24.6. The predicted octanol–water partition coefficient (Wildman–Crippen LogP) is 6.30. The Morgan fingerprint density at radius 2 is 2.03 bits per heavy atom. The van der Waals surface area contributed by atoms with Gasteiger partial charge in [0.15, 0.2) is 0 Å². The maximum atomic E-state index is 12.0. The van der Waals surface area contributed by atoms with Crippen LogP contribution in [0.4, 0.5) is 5.82 Å². The summed E-state index contributed by atoms with van der Waals surface area (Å²) in [5, 5.41) is 3.54. The van der Waals surface area contributed by atoms with E-state index in [9.17, 15) is 4.79 Å². The molecule has 0 saturated heterocycles. The lowest BCUT2D eigenvalue weighted by Gasteiger charge is -2.25. The van der Waals surface area contributed by atoms with Gasteiger partial charge in [-0.25, -0.2) is 4.98 Å². The van der Waals surface area contributed by atoms with Gasteiger partial charge in [0.05, 0.1) is 31.2 Å². The average molecular weight is 449 g/mol. The largest absolute Gasteiger partial charge is 0.497 e. The molecular formula is C27H36N4O2. The molecule has 3 rings (SSSR count). The summed E-state index contributed by atoms with van der Waals surface area (Å²) in [4.78, 5) is 25.6. The number of nitrogens with zero attached hydrogens (tertiary/aromatic N) is 3. The third kappa shape index (κ3) is 6.73. The highest BCUT2D eigenvalue weighted by Gasteiger charge is 2.24. The molecule has 0 aromatic carbocycles. The lowest BCUT2D eigenvalue weighted by molar-refractivity contribution is -0.119. The molecular weight excluding hydrogens is 412 g/mol. The van der Waals surface area contributed by atoms with Crippen LogP contribution in [0.5, 0.6) is 0 Å². The minimum Gasteiger partial charge on any atom is -0.497 e. The van der Waals surface area contributed by atoms with Crippen molar-refractivity contribution in [2.75, 3.05) is 12.4 Å². The summed E-state index contributed by atoms with van der Waals surface area (Å²) in [6.45, 7) is 6.41. The summed E-state index contributed by atoms with van der Waals surface area (Å²) in [6, 6.07) is 4.18. The molecule has 2 atom stereocenters. The first-order valence-corrected chi connectivity index (χ1v) is 12.0. The molecule has 2 unspecified atom stereocenters. The van der Waals surface area contributed by atoms with E-state index in [0.717, 1.165) is 60.5 Å². The molecule has 1 aliphatic rings. The van der Waals surface area contributed by atoms with E-state index in [1.54, 1.807) is 19.5 Å².